The van der Waals surface area contributed by atoms with E-state index in [0.29, 0.717) is 5.41 Å². The lowest BCUT2D eigenvalue weighted by Crippen LogP contribution is -2.25. The highest BCUT2D eigenvalue weighted by molar-refractivity contribution is 9.09. The average Bonchev–Trinajstić information content (AvgIpc) is 2.99. The van der Waals surface area contributed by atoms with E-state index >= 15 is 0 Å². The Bertz CT molecular complexity index is 391. The van der Waals surface area contributed by atoms with Gasteiger partial charge >= 0.3 is 0 Å². The minimum Gasteiger partial charge on any atom is -0.299 e. The summed E-state index contributed by atoms with van der Waals surface area (Å²) in [6.45, 7) is 3.76. The summed E-state index contributed by atoms with van der Waals surface area (Å²) in [5.74, 6) is 0.932. The molecule has 2 atom stereocenters. The summed E-state index contributed by atoms with van der Waals surface area (Å²) in [6, 6.07) is 10.9. The summed E-state index contributed by atoms with van der Waals surface area (Å²) in [6.07, 6.45) is 5.76. The van der Waals surface area contributed by atoms with Gasteiger partial charge in [-0.3, -0.25) is 4.90 Å². The molecule has 1 aliphatic carbocycles. The van der Waals surface area contributed by atoms with E-state index in [1.807, 2.05) is 0 Å². The quantitative estimate of drug-likeness (QED) is 0.761. The molecule has 0 aromatic heterocycles. The molecule has 1 heterocycles. The Hall–Kier alpha value is -0.340. The van der Waals surface area contributed by atoms with E-state index in [0.717, 1.165) is 12.5 Å². The zero-order valence-corrected chi connectivity index (χ0v) is 12.5. The molecule has 1 aliphatic heterocycles. The molecule has 3 rings (SSSR count). The van der Waals surface area contributed by atoms with E-state index < -0.39 is 0 Å². The fraction of sp³-hybridized carbons (Fsp3) is 0.625. The molecule has 1 saturated heterocycles. The summed E-state index contributed by atoms with van der Waals surface area (Å²) >= 11 is 3.66. The Balaban J connectivity index is 1.59. The second kappa shape index (κ2) is 5.34. The van der Waals surface area contributed by atoms with Crippen LogP contribution in [0.4, 0.5) is 0 Å². The topological polar surface area (TPSA) is 3.24 Å². The van der Waals surface area contributed by atoms with Crippen LogP contribution in [-0.2, 0) is 6.54 Å². The number of alkyl halides is 1. The molecule has 98 valence electrons. The maximum atomic E-state index is 3.66. The molecule has 2 aliphatic rings. The number of halogens is 1. The number of benzene rings is 1. The Morgan fingerprint density at radius 3 is 2.78 bits per heavy atom. The van der Waals surface area contributed by atoms with E-state index in [2.05, 4.69) is 51.2 Å². The Kier molecular flexibility index (Phi) is 3.76. The van der Waals surface area contributed by atoms with Gasteiger partial charge < -0.3 is 0 Å². The zero-order chi connectivity index (χ0) is 12.4. The summed E-state index contributed by atoms with van der Waals surface area (Å²) < 4.78 is 0. The highest BCUT2D eigenvalue weighted by Gasteiger charge is 2.43. The molecule has 18 heavy (non-hydrogen) atoms. The van der Waals surface area contributed by atoms with E-state index in [9.17, 15) is 0 Å². The summed E-state index contributed by atoms with van der Waals surface area (Å²) in [7, 11) is 0. The lowest BCUT2D eigenvalue weighted by Gasteiger charge is -2.24. The molecule has 1 spiro atoms. The monoisotopic (exact) mass is 307 g/mol. The Morgan fingerprint density at radius 1 is 1.22 bits per heavy atom. The maximum Gasteiger partial charge on any atom is 0.0233 e. The lowest BCUT2D eigenvalue weighted by molar-refractivity contribution is 0.251. The summed E-state index contributed by atoms with van der Waals surface area (Å²) in [5, 5.41) is 1.20. The van der Waals surface area contributed by atoms with Gasteiger partial charge in [0.25, 0.3) is 0 Å². The van der Waals surface area contributed by atoms with Crippen LogP contribution in [0.3, 0.4) is 0 Å². The average molecular weight is 308 g/mol. The van der Waals surface area contributed by atoms with Crippen LogP contribution in [-0.4, -0.2) is 23.3 Å². The molecular weight excluding hydrogens is 286 g/mol. The normalized spacial score (nSPS) is 32.4. The van der Waals surface area contributed by atoms with Gasteiger partial charge in [0.2, 0.25) is 0 Å². The van der Waals surface area contributed by atoms with Crippen LogP contribution in [0.15, 0.2) is 30.3 Å². The fourth-order valence-electron chi connectivity index (χ4n) is 3.83. The highest BCUT2D eigenvalue weighted by atomic mass is 79.9. The van der Waals surface area contributed by atoms with Crippen molar-refractivity contribution < 1.29 is 0 Å². The number of rotatable bonds is 3. The van der Waals surface area contributed by atoms with Crippen molar-refractivity contribution in [2.45, 2.75) is 32.2 Å². The molecule has 2 fully saturated rings. The molecule has 1 aromatic rings. The van der Waals surface area contributed by atoms with E-state index in [-0.39, 0.29) is 0 Å². The van der Waals surface area contributed by atoms with Crippen LogP contribution < -0.4 is 0 Å². The van der Waals surface area contributed by atoms with Gasteiger partial charge in [-0.05, 0) is 49.1 Å². The van der Waals surface area contributed by atoms with Gasteiger partial charge in [-0.15, -0.1) is 0 Å². The van der Waals surface area contributed by atoms with Crippen LogP contribution in [0.1, 0.15) is 31.2 Å². The second-order valence-corrected chi connectivity index (χ2v) is 6.86. The van der Waals surface area contributed by atoms with Crippen LogP contribution in [0.2, 0.25) is 0 Å². The molecular formula is C16H22BrN. The minimum atomic E-state index is 0.660. The number of likely N-dealkylation sites (tertiary alicyclic amines) is 1. The first kappa shape index (κ1) is 12.7. The third-order valence-electron chi connectivity index (χ3n) is 4.79. The largest absolute Gasteiger partial charge is 0.299 e. The predicted octanol–water partition coefficient (Wildman–Crippen LogP) is 4.07. The highest BCUT2D eigenvalue weighted by Crippen LogP contribution is 2.48. The SMILES string of the molecule is BrC[C@H]1CC[C@@]2(CCN(Cc3ccccc3)C2)C1. The molecule has 1 saturated carbocycles. The zero-order valence-electron chi connectivity index (χ0n) is 10.9. The van der Waals surface area contributed by atoms with Gasteiger partial charge in [-0.25, -0.2) is 0 Å². The van der Waals surface area contributed by atoms with E-state index in [4.69, 9.17) is 0 Å². The van der Waals surface area contributed by atoms with Crippen molar-refractivity contribution in [2.75, 3.05) is 18.4 Å². The van der Waals surface area contributed by atoms with Gasteiger partial charge in [0.15, 0.2) is 0 Å². The first-order valence-corrected chi connectivity index (χ1v) is 8.24. The fourth-order valence-corrected chi connectivity index (χ4v) is 4.39. The van der Waals surface area contributed by atoms with Crippen molar-refractivity contribution in [3.8, 4) is 0 Å². The van der Waals surface area contributed by atoms with Gasteiger partial charge in [0.05, 0.1) is 0 Å². The van der Waals surface area contributed by atoms with Crippen LogP contribution in [0, 0.1) is 11.3 Å². The predicted molar refractivity (Wildman–Crippen MR) is 79.9 cm³/mol. The minimum absolute atomic E-state index is 0.660. The summed E-state index contributed by atoms with van der Waals surface area (Å²) in [5.41, 5.74) is 2.12. The maximum absolute atomic E-state index is 3.66. The lowest BCUT2D eigenvalue weighted by atomic mass is 9.85. The van der Waals surface area contributed by atoms with Crippen molar-refractivity contribution in [3.05, 3.63) is 35.9 Å². The van der Waals surface area contributed by atoms with Gasteiger partial charge in [-0.2, -0.15) is 0 Å². The third-order valence-corrected chi connectivity index (χ3v) is 5.70. The molecule has 1 aromatic carbocycles. The van der Waals surface area contributed by atoms with Crippen molar-refractivity contribution in [1.29, 1.82) is 0 Å². The molecule has 1 nitrogen and oxygen atoms in total. The van der Waals surface area contributed by atoms with Gasteiger partial charge in [0.1, 0.15) is 0 Å². The molecule has 0 amide bonds. The Labute approximate surface area is 119 Å². The van der Waals surface area contributed by atoms with Gasteiger partial charge in [0, 0.05) is 18.4 Å². The van der Waals surface area contributed by atoms with Crippen molar-refractivity contribution in [2.24, 2.45) is 11.3 Å². The number of nitrogens with zero attached hydrogens (tertiary/aromatic N) is 1. The van der Waals surface area contributed by atoms with Crippen LogP contribution in [0.25, 0.3) is 0 Å². The van der Waals surface area contributed by atoms with Crippen LogP contribution in [0.5, 0.6) is 0 Å². The molecule has 0 bridgehead atoms. The van der Waals surface area contributed by atoms with Crippen LogP contribution >= 0.6 is 15.9 Å². The van der Waals surface area contributed by atoms with Crippen molar-refractivity contribution >= 4 is 15.9 Å². The number of hydrogen-bond acceptors (Lipinski definition) is 1. The van der Waals surface area contributed by atoms with Crippen molar-refractivity contribution in [3.63, 3.8) is 0 Å². The molecule has 2 heteroatoms. The summed E-state index contributed by atoms with van der Waals surface area (Å²) in [4.78, 5) is 2.66. The molecule has 0 unspecified atom stereocenters. The van der Waals surface area contributed by atoms with Crippen molar-refractivity contribution in [1.82, 2.24) is 4.90 Å². The number of hydrogen-bond donors (Lipinski definition) is 0. The molecule has 0 radical (unpaired) electrons. The first-order chi connectivity index (χ1) is 8.80. The van der Waals surface area contributed by atoms with E-state index in [1.54, 1.807) is 0 Å². The first-order valence-electron chi connectivity index (χ1n) is 7.12. The smallest absolute Gasteiger partial charge is 0.0233 e. The third kappa shape index (κ3) is 2.65. The second-order valence-electron chi connectivity index (χ2n) is 6.21. The van der Waals surface area contributed by atoms with Gasteiger partial charge in [-0.1, -0.05) is 46.3 Å². The van der Waals surface area contributed by atoms with E-state index in [1.165, 1.54) is 49.7 Å². The molecule has 0 N–H and O–H groups in total. The Morgan fingerprint density at radius 2 is 2.06 bits per heavy atom. The standard InChI is InChI=1S/C16H22BrN/c17-11-15-6-7-16(10-15)8-9-18(13-16)12-14-4-2-1-3-5-14/h1-5,15H,6-13H2/t15-,16+/m0/s1.